The van der Waals surface area contributed by atoms with Crippen molar-refractivity contribution in [3.05, 3.63) is 24.3 Å². The van der Waals surface area contributed by atoms with Crippen LogP contribution in [0.2, 0.25) is 0 Å². The van der Waals surface area contributed by atoms with Gasteiger partial charge in [0.2, 0.25) is 0 Å². The molecule has 2 rings (SSSR count). The molecule has 0 amide bonds. The lowest BCUT2D eigenvalue weighted by atomic mass is 10.2. The lowest BCUT2D eigenvalue weighted by molar-refractivity contribution is 0.213. The molecule has 3 N–H and O–H groups in total. The Balaban J connectivity index is 0.000000249. The summed E-state index contributed by atoms with van der Waals surface area (Å²) < 4.78 is 5.58. The van der Waals surface area contributed by atoms with Crippen LogP contribution in [0.15, 0.2) is 24.3 Å². The Bertz CT molecular complexity index is 328. The second kappa shape index (κ2) is 7.14. The van der Waals surface area contributed by atoms with Gasteiger partial charge >= 0.3 is 0 Å². The van der Waals surface area contributed by atoms with Gasteiger partial charge < -0.3 is 15.1 Å². The first-order valence-corrected chi connectivity index (χ1v) is 6.17. The van der Waals surface area contributed by atoms with Gasteiger partial charge in [0.05, 0.1) is 12.2 Å². The number of hydrazine groups is 1. The van der Waals surface area contributed by atoms with Gasteiger partial charge in [-0.3, -0.25) is 0 Å². The fourth-order valence-corrected chi connectivity index (χ4v) is 1.67. The predicted octanol–water partition coefficient (Wildman–Crippen LogP) is 1.76. The standard InChI is InChI=1S/C9H12N2O.C4H11N/c1-7-6-11(10)8-4-2-3-5-9(8)12-7;1-3-5-4-2/h2-5,7H,6,10H2,1H3;5H,3-4H2,1-2H3. The quantitative estimate of drug-likeness (QED) is 0.770. The zero-order valence-corrected chi connectivity index (χ0v) is 10.9. The van der Waals surface area contributed by atoms with Gasteiger partial charge in [0, 0.05) is 0 Å². The molecule has 0 aromatic heterocycles. The van der Waals surface area contributed by atoms with E-state index in [0.29, 0.717) is 0 Å². The van der Waals surface area contributed by atoms with Crippen LogP contribution in [0.3, 0.4) is 0 Å². The summed E-state index contributed by atoms with van der Waals surface area (Å²) in [4.78, 5) is 0. The molecule has 96 valence electrons. The monoisotopic (exact) mass is 237 g/mol. The van der Waals surface area contributed by atoms with Gasteiger partial charge in [-0.2, -0.15) is 0 Å². The Morgan fingerprint density at radius 3 is 2.59 bits per heavy atom. The molecule has 1 aliphatic rings. The number of para-hydroxylation sites is 2. The third kappa shape index (κ3) is 4.24. The first kappa shape index (κ1) is 13.8. The van der Waals surface area contributed by atoms with E-state index in [2.05, 4.69) is 19.2 Å². The van der Waals surface area contributed by atoms with E-state index in [4.69, 9.17) is 10.6 Å². The van der Waals surface area contributed by atoms with Gasteiger partial charge in [-0.15, -0.1) is 0 Å². The van der Waals surface area contributed by atoms with Crippen molar-refractivity contribution in [3.8, 4) is 5.75 Å². The first-order chi connectivity index (χ1) is 8.19. The molecule has 17 heavy (non-hydrogen) atoms. The van der Waals surface area contributed by atoms with Crippen LogP contribution < -0.4 is 20.9 Å². The Kier molecular flexibility index (Phi) is 5.80. The Labute approximate surface area is 104 Å². The average Bonchev–Trinajstić information content (AvgIpc) is 2.30. The maximum Gasteiger partial charge on any atom is 0.144 e. The topological polar surface area (TPSA) is 50.5 Å². The van der Waals surface area contributed by atoms with Crippen LogP contribution in [0.4, 0.5) is 5.69 Å². The van der Waals surface area contributed by atoms with Gasteiger partial charge in [-0.1, -0.05) is 26.0 Å². The normalized spacial score (nSPS) is 17.6. The Hall–Kier alpha value is -1.26. The van der Waals surface area contributed by atoms with E-state index in [-0.39, 0.29) is 6.10 Å². The fraction of sp³-hybridized carbons (Fsp3) is 0.538. The summed E-state index contributed by atoms with van der Waals surface area (Å²) in [6.07, 6.45) is 0.171. The molecular formula is C13H23N3O. The number of nitrogens with zero attached hydrogens (tertiary/aromatic N) is 1. The number of hydrogen-bond donors (Lipinski definition) is 2. The Morgan fingerprint density at radius 2 is 2.00 bits per heavy atom. The van der Waals surface area contributed by atoms with E-state index in [9.17, 15) is 0 Å². The van der Waals surface area contributed by atoms with Crippen LogP contribution in [0.5, 0.6) is 5.75 Å². The number of ether oxygens (including phenoxy) is 1. The second-order valence-corrected chi connectivity index (χ2v) is 4.01. The molecule has 0 saturated carbocycles. The van der Waals surface area contributed by atoms with Crippen molar-refractivity contribution >= 4 is 5.69 Å². The number of anilines is 1. The third-order valence-electron chi connectivity index (χ3n) is 2.46. The average molecular weight is 237 g/mol. The molecule has 1 aromatic rings. The summed E-state index contributed by atoms with van der Waals surface area (Å²) in [7, 11) is 0. The van der Waals surface area contributed by atoms with Crippen molar-refractivity contribution in [2.45, 2.75) is 26.9 Å². The van der Waals surface area contributed by atoms with Crippen LogP contribution >= 0.6 is 0 Å². The highest BCUT2D eigenvalue weighted by Gasteiger charge is 2.19. The van der Waals surface area contributed by atoms with E-state index in [1.165, 1.54) is 0 Å². The molecule has 0 bridgehead atoms. The minimum Gasteiger partial charge on any atom is -0.487 e. The highest BCUT2D eigenvalue weighted by Crippen LogP contribution is 2.30. The van der Waals surface area contributed by atoms with Crippen molar-refractivity contribution in [3.63, 3.8) is 0 Å². The molecule has 1 aromatic carbocycles. The first-order valence-electron chi connectivity index (χ1n) is 6.17. The Morgan fingerprint density at radius 1 is 1.35 bits per heavy atom. The number of nitrogens with two attached hydrogens (primary N) is 1. The number of rotatable bonds is 2. The molecule has 0 radical (unpaired) electrons. The summed E-state index contributed by atoms with van der Waals surface area (Å²) in [5, 5.41) is 4.84. The maximum absolute atomic E-state index is 5.79. The van der Waals surface area contributed by atoms with Crippen molar-refractivity contribution < 1.29 is 4.74 Å². The van der Waals surface area contributed by atoms with E-state index >= 15 is 0 Å². The fourth-order valence-electron chi connectivity index (χ4n) is 1.67. The molecule has 0 spiro atoms. The number of nitrogens with one attached hydrogen (secondary N) is 1. The molecular weight excluding hydrogens is 214 g/mol. The second-order valence-electron chi connectivity index (χ2n) is 4.01. The molecule has 0 fully saturated rings. The van der Waals surface area contributed by atoms with Crippen molar-refractivity contribution in [1.29, 1.82) is 0 Å². The lowest BCUT2D eigenvalue weighted by Crippen LogP contribution is -2.42. The van der Waals surface area contributed by atoms with Gasteiger partial charge in [0.25, 0.3) is 0 Å². The van der Waals surface area contributed by atoms with Crippen molar-refractivity contribution in [2.24, 2.45) is 5.84 Å². The molecule has 0 saturated heterocycles. The molecule has 1 heterocycles. The van der Waals surface area contributed by atoms with Crippen LogP contribution in [0, 0.1) is 0 Å². The summed E-state index contributed by atoms with van der Waals surface area (Å²) in [5.41, 5.74) is 0.968. The smallest absolute Gasteiger partial charge is 0.144 e. The molecule has 1 aliphatic heterocycles. The van der Waals surface area contributed by atoms with E-state index in [0.717, 1.165) is 31.1 Å². The van der Waals surface area contributed by atoms with Gasteiger partial charge in [0.15, 0.2) is 0 Å². The summed E-state index contributed by atoms with van der Waals surface area (Å²) in [6.45, 7) is 9.15. The highest BCUT2D eigenvalue weighted by molar-refractivity contribution is 5.58. The van der Waals surface area contributed by atoms with Crippen LogP contribution in [0.25, 0.3) is 0 Å². The molecule has 1 atom stereocenters. The van der Waals surface area contributed by atoms with E-state index in [1.807, 2.05) is 31.2 Å². The molecule has 4 nitrogen and oxygen atoms in total. The van der Waals surface area contributed by atoms with Gasteiger partial charge in [-0.05, 0) is 32.1 Å². The minimum atomic E-state index is 0.171. The largest absolute Gasteiger partial charge is 0.487 e. The zero-order chi connectivity index (χ0) is 12.7. The van der Waals surface area contributed by atoms with E-state index in [1.54, 1.807) is 5.01 Å². The third-order valence-corrected chi connectivity index (χ3v) is 2.46. The van der Waals surface area contributed by atoms with Gasteiger partial charge in [-0.25, -0.2) is 5.84 Å². The van der Waals surface area contributed by atoms with Crippen molar-refractivity contribution in [1.82, 2.24) is 5.32 Å². The van der Waals surface area contributed by atoms with Crippen LogP contribution in [-0.4, -0.2) is 25.7 Å². The summed E-state index contributed by atoms with van der Waals surface area (Å²) >= 11 is 0. The molecule has 1 unspecified atom stereocenters. The summed E-state index contributed by atoms with van der Waals surface area (Å²) in [5.74, 6) is 6.66. The molecule has 0 aliphatic carbocycles. The number of fused-ring (bicyclic) bond motifs is 1. The van der Waals surface area contributed by atoms with Crippen LogP contribution in [-0.2, 0) is 0 Å². The van der Waals surface area contributed by atoms with E-state index < -0.39 is 0 Å². The number of hydrogen-bond acceptors (Lipinski definition) is 4. The van der Waals surface area contributed by atoms with Gasteiger partial charge in [0.1, 0.15) is 11.9 Å². The SMILES string of the molecule is CC1CN(N)c2ccccc2O1.CCNCC. The predicted molar refractivity (Wildman–Crippen MR) is 72.3 cm³/mol. The molecule has 4 heteroatoms. The maximum atomic E-state index is 5.79. The zero-order valence-electron chi connectivity index (χ0n) is 10.9. The lowest BCUT2D eigenvalue weighted by Gasteiger charge is -2.31. The highest BCUT2D eigenvalue weighted by atomic mass is 16.5. The van der Waals surface area contributed by atoms with Crippen LogP contribution in [0.1, 0.15) is 20.8 Å². The summed E-state index contributed by atoms with van der Waals surface area (Å²) in [6, 6.07) is 7.80. The van der Waals surface area contributed by atoms with Crippen molar-refractivity contribution in [2.75, 3.05) is 24.6 Å². The minimum absolute atomic E-state index is 0.171. The number of benzene rings is 1.